The molecule has 0 aliphatic carbocycles. The number of benzene rings is 1. The molecule has 1 heterocycles. The van der Waals surface area contributed by atoms with Crippen molar-refractivity contribution in [2.75, 3.05) is 23.8 Å². The number of para-hydroxylation sites is 1. The molecule has 0 spiro atoms. The van der Waals surface area contributed by atoms with Crippen molar-refractivity contribution in [3.63, 3.8) is 0 Å². The van der Waals surface area contributed by atoms with Gasteiger partial charge >= 0.3 is 0 Å². The van der Waals surface area contributed by atoms with E-state index in [1.165, 1.54) is 0 Å². The van der Waals surface area contributed by atoms with Crippen LogP contribution in [0.15, 0.2) is 42.7 Å². The summed E-state index contributed by atoms with van der Waals surface area (Å²) in [6.45, 7) is 2.65. The van der Waals surface area contributed by atoms with Crippen LogP contribution in [0.25, 0.3) is 0 Å². The number of aromatic nitrogens is 2. The molecule has 0 saturated carbocycles. The second-order valence-corrected chi connectivity index (χ2v) is 4.45. The van der Waals surface area contributed by atoms with E-state index < -0.39 is 0 Å². The number of nitrogens with two attached hydrogens (primary N) is 1. The van der Waals surface area contributed by atoms with Gasteiger partial charge in [0.1, 0.15) is 18.0 Å². The third-order valence-corrected chi connectivity index (χ3v) is 3.06. The second kappa shape index (κ2) is 6.15. The first-order valence-corrected chi connectivity index (χ1v) is 6.27. The van der Waals surface area contributed by atoms with E-state index in [1.807, 2.05) is 48.3 Å². The first-order valence-electron chi connectivity index (χ1n) is 6.27. The monoisotopic (exact) mass is 257 g/mol. The molecule has 0 radical (unpaired) electrons. The van der Waals surface area contributed by atoms with Gasteiger partial charge in [0.15, 0.2) is 0 Å². The minimum absolute atomic E-state index is 0.236. The molecule has 100 valence electrons. The lowest BCUT2D eigenvalue weighted by molar-refractivity contribution is 0.686. The lowest BCUT2D eigenvalue weighted by atomic mass is 10.3. The number of rotatable bonds is 5. The van der Waals surface area contributed by atoms with Crippen LogP contribution in [0, 0.1) is 0 Å². The highest BCUT2D eigenvalue weighted by Gasteiger charge is 2.10. The van der Waals surface area contributed by atoms with Crippen molar-refractivity contribution in [1.29, 1.82) is 0 Å². The molecule has 1 aromatic carbocycles. The molecule has 0 aliphatic heterocycles. The maximum Gasteiger partial charge on any atom is 0.135 e. The summed E-state index contributed by atoms with van der Waals surface area (Å²) < 4.78 is 0. The second-order valence-electron chi connectivity index (χ2n) is 4.45. The van der Waals surface area contributed by atoms with E-state index in [0.717, 1.165) is 17.3 Å². The number of nitrogens with zero attached hydrogens (tertiary/aromatic N) is 3. The Labute approximate surface area is 113 Å². The van der Waals surface area contributed by atoms with E-state index in [9.17, 15) is 0 Å². The Morgan fingerprint density at radius 3 is 2.68 bits per heavy atom. The van der Waals surface area contributed by atoms with Crippen LogP contribution in [0.1, 0.15) is 6.92 Å². The topological polar surface area (TPSA) is 67.1 Å². The highest BCUT2D eigenvalue weighted by Crippen LogP contribution is 2.18. The molecule has 3 N–H and O–H groups in total. The molecule has 1 aromatic heterocycles. The zero-order chi connectivity index (χ0) is 13.7. The predicted octanol–water partition coefficient (Wildman–Crippen LogP) is 2.00. The third-order valence-electron chi connectivity index (χ3n) is 3.06. The quantitative estimate of drug-likeness (QED) is 0.857. The Morgan fingerprint density at radius 2 is 2.00 bits per heavy atom. The minimum atomic E-state index is 0.236. The Balaban J connectivity index is 2.15. The summed E-state index contributed by atoms with van der Waals surface area (Å²) in [5.74, 6) is 1.62. The minimum Gasteiger partial charge on any atom is -0.356 e. The molecule has 0 bridgehead atoms. The molecule has 0 aliphatic rings. The van der Waals surface area contributed by atoms with Crippen molar-refractivity contribution in [2.45, 2.75) is 13.0 Å². The lowest BCUT2D eigenvalue weighted by Gasteiger charge is -2.24. The summed E-state index contributed by atoms with van der Waals surface area (Å²) in [4.78, 5) is 10.5. The molecule has 2 aromatic rings. The van der Waals surface area contributed by atoms with Gasteiger partial charge in [0, 0.05) is 31.4 Å². The van der Waals surface area contributed by atoms with Crippen molar-refractivity contribution in [3.8, 4) is 0 Å². The van der Waals surface area contributed by atoms with Crippen molar-refractivity contribution in [2.24, 2.45) is 5.73 Å². The van der Waals surface area contributed by atoms with Gasteiger partial charge < -0.3 is 16.0 Å². The number of hydrogen-bond donors (Lipinski definition) is 2. The van der Waals surface area contributed by atoms with E-state index in [1.54, 1.807) is 6.33 Å². The molecule has 0 saturated heterocycles. The highest BCUT2D eigenvalue weighted by molar-refractivity contribution is 5.59. The van der Waals surface area contributed by atoms with Crippen LogP contribution in [0.4, 0.5) is 17.3 Å². The molecule has 1 atom stereocenters. The van der Waals surface area contributed by atoms with E-state index in [4.69, 9.17) is 5.73 Å². The Hall–Kier alpha value is -2.14. The first-order chi connectivity index (χ1) is 9.20. The van der Waals surface area contributed by atoms with Crippen LogP contribution in [-0.2, 0) is 0 Å². The van der Waals surface area contributed by atoms with Crippen LogP contribution in [-0.4, -0.2) is 29.6 Å². The molecule has 19 heavy (non-hydrogen) atoms. The van der Waals surface area contributed by atoms with Crippen LogP contribution in [0.3, 0.4) is 0 Å². The van der Waals surface area contributed by atoms with Crippen LogP contribution < -0.4 is 16.0 Å². The lowest BCUT2D eigenvalue weighted by Crippen LogP contribution is -2.35. The van der Waals surface area contributed by atoms with Gasteiger partial charge in [-0.3, -0.25) is 0 Å². The van der Waals surface area contributed by atoms with Crippen LogP contribution >= 0.6 is 0 Å². The zero-order valence-electron chi connectivity index (χ0n) is 11.2. The average molecular weight is 257 g/mol. The van der Waals surface area contributed by atoms with Gasteiger partial charge in [-0.05, 0) is 19.1 Å². The standard InChI is InChI=1S/C14H19N5/c1-11(9-15)19(2)14-8-13(16-10-17-14)18-12-6-4-3-5-7-12/h3-8,10-11H,9,15H2,1-2H3,(H,16,17,18). The maximum atomic E-state index is 5.67. The number of nitrogens with one attached hydrogen (secondary N) is 1. The molecule has 1 unspecified atom stereocenters. The van der Waals surface area contributed by atoms with Crippen LogP contribution in [0.2, 0.25) is 0 Å². The Morgan fingerprint density at radius 1 is 1.26 bits per heavy atom. The number of anilines is 3. The summed E-state index contributed by atoms with van der Waals surface area (Å²) >= 11 is 0. The fourth-order valence-corrected chi connectivity index (χ4v) is 1.66. The maximum absolute atomic E-state index is 5.67. The van der Waals surface area contributed by atoms with E-state index in [2.05, 4.69) is 22.2 Å². The van der Waals surface area contributed by atoms with E-state index in [0.29, 0.717) is 6.54 Å². The summed E-state index contributed by atoms with van der Waals surface area (Å²) in [6, 6.07) is 12.1. The van der Waals surface area contributed by atoms with E-state index >= 15 is 0 Å². The third kappa shape index (κ3) is 3.42. The molecule has 0 fully saturated rings. The molecule has 0 amide bonds. The molecular formula is C14H19N5. The van der Waals surface area contributed by atoms with Gasteiger partial charge in [-0.15, -0.1) is 0 Å². The molecule has 5 nitrogen and oxygen atoms in total. The summed E-state index contributed by atoms with van der Waals surface area (Å²) in [5, 5.41) is 3.25. The fourth-order valence-electron chi connectivity index (χ4n) is 1.66. The highest BCUT2D eigenvalue weighted by atomic mass is 15.2. The Kier molecular flexibility index (Phi) is 4.30. The van der Waals surface area contributed by atoms with Crippen molar-refractivity contribution >= 4 is 17.3 Å². The average Bonchev–Trinajstić information content (AvgIpc) is 2.47. The van der Waals surface area contributed by atoms with Crippen molar-refractivity contribution < 1.29 is 0 Å². The Bertz CT molecular complexity index is 514. The van der Waals surface area contributed by atoms with Gasteiger partial charge in [-0.1, -0.05) is 18.2 Å². The van der Waals surface area contributed by atoms with Gasteiger partial charge in [0.2, 0.25) is 0 Å². The summed E-state index contributed by atoms with van der Waals surface area (Å²) in [6.07, 6.45) is 1.56. The molecule has 2 rings (SSSR count). The van der Waals surface area contributed by atoms with Crippen LogP contribution in [0.5, 0.6) is 0 Å². The predicted molar refractivity (Wildman–Crippen MR) is 78.7 cm³/mol. The molecule has 5 heteroatoms. The molecular weight excluding hydrogens is 238 g/mol. The van der Waals surface area contributed by atoms with Crippen molar-refractivity contribution in [1.82, 2.24) is 9.97 Å². The largest absolute Gasteiger partial charge is 0.356 e. The summed E-state index contributed by atoms with van der Waals surface area (Å²) in [5.41, 5.74) is 6.67. The summed E-state index contributed by atoms with van der Waals surface area (Å²) in [7, 11) is 1.98. The van der Waals surface area contributed by atoms with Gasteiger partial charge in [-0.25, -0.2) is 9.97 Å². The number of hydrogen-bond acceptors (Lipinski definition) is 5. The normalized spacial score (nSPS) is 11.9. The van der Waals surface area contributed by atoms with Crippen molar-refractivity contribution in [3.05, 3.63) is 42.7 Å². The number of likely N-dealkylation sites (N-methyl/N-ethyl adjacent to an activating group) is 1. The van der Waals surface area contributed by atoms with Gasteiger partial charge in [-0.2, -0.15) is 0 Å². The fraction of sp³-hybridized carbons (Fsp3) is 0.286. The van der Waals surface area contributed by atoms with E-state index in [-0.39, 0.29) is 6.04 Å². The van der Waals surface area contributed by atoms with Gasteiger partial charge in [0.05, 0.1) is 0 Å². The zero-order valence-corrected chi connectivity index (χ0v) is 11.2. The smallest absolute Gasteiger partial charge is 0.135 e. The first kappa shape index (κ1) is 13.3. The SMILES string of the molecule is CC(CN)N(C)c1cc(Nc2ccccc2)ncn1. The van der Waals surface area contributed by atoms with Gasteiger partial charge in [0.25, 0.3) is 0 Å².